The minimum absolute atomic E-state index is 0.0596. The zero-order valence-electron chi connectivity index (χ0n) is 11.9. The summed E-state index contributed by atoms with van der Waals surface area (Å²) in [5, 5.41) is 2.95. The lowest BCUT2D eigenvalue weighted by Gasteiger charge is -2.12. The Morgan fingerprint density at radius 1 is 1.35 bits per heavy atom. The number of anilines is 1. The smallest absolute Gasteiger partial charge is 0.249 e. The van der Waals surface area contributed by atoms with Crippen LogP contribution in [0.3, 0.4) is 0 Å². The Labute approximate surface area is 118 Å². The van der Waals surface area contributed by atoms with Crippen molar-refractivity contribution in [3.8, 4) is 11.5 Å². The molecule has 0 aliphatic carbocycles. The molecule has 2 aliphatic rings. The molecule has 0 saturated heterocycles. The number of benzene rings is 1. The van der Waals surface area contributed by atoms with Crippen molar-refractivity contribution in [3.63, 3.8) is 0 Å². The number of ether oxygens (including phenoxy) is 2. The second-order valence-corrected chi connectivity index (χ2v) is 5.60. The van der Waals surface area contributed by atoms with Gasteiger partial charge in [0, 0.05) is 17.3 Å². The Kier molecular flexibility index (Phi) is 3.12. The Balaban J connectivity index is 2.01. The zero-order chi connectivity index (χ0) is 14.3. The summed E-state index contributed by atoms with van der Waals surface area (Å²) < 4.78 is 10.7. The van der Waals surface area contributed by atoms with Crippen molar-refractivity contribution in [2.75, 3.05) is 12.1 Å². The lowest BCUT2D eigenvalue weighted by Crippen LogP contribution is -2.26. The fourth-order valence-electron chi connectivity index (χ4n) is 2.53. The molecule has 0 aromatic heterocycles. The van der Waals surface area contributed by atoms with E-state index >= 15 is 0 Å². The standard InChI is InChI=1S/C15H18N2O3/c1-8(2)4-12-15(18)17-11-6-14-13(19-7-20-14)5-10(11)9(3)16-12/h5-6,8,12H,4,7H2,1-3H3,(H,17,18). The van der Waals surface area contributed by atoms with Gasteiger partial charge < -0.3 is 14.8 Å². The normalized spacial score (nSPS) is 20.3. The molecule has 1 amide bonds. The third-order valence-electron chi connectivity index (χ3n) is 3.51. The van der Waals surface area contributed by atoms with Crippen LogP contribution in [0.2, 0.25) is 0 Å². The SMILES string of the molecule is CC1=NC(CC(C)C)C(=O)Nc2cc3c(cc21)OCO3. The van der Waals surface area contributed by atoms with Gasteiger partial charge >= 0.3 is 0 Å². The van der Waals surface area contributed by atoms with Gasteiger partial charge in [0.05, 0.1) is 5.69 Å². The number of rotatable bonds is 2. The molecule has 3 rings (SSSR count). The lowest BCUT2D eigenvalue weighted by atomic mass is 10.0. The Bertz CT molecular complexity index is 593. The van der Waals surface area contributed by atoms with Crippen molar-refractivity contribution in [3.05, 3.63) is 17.7 Å². The van der Waals surface area contributed by atoms with Gasteiger partial charge in [-0.25, -0.2) is 0 Å². The van der Waals surface area contributed by atoms with Gasteiger partial charge in [0.2, 0.25) is 12.7 Å². The van der Waals surface area contributed by atoms with Crippen LogP contribution in [0.4, 0.5) is 5.69 Å². The summed E-state index contributed by atoms with van der Waals surface area (Å²) >= 11 is 0. The first-order chi connectivity index (χ1) is 9.54. The molecule has 2 aliphatic heterocycles. The monoisotopic (exact) mass is 274 g/mol. The molecule has 0 radical (unpaired) electrons. The molecule has 0 saturated carbocycles. The molecule has 1 aromatic rings. The topological polar surface area (TPSA) is 59.9 Å². The van der Waals surface area contributed by atoms with Crippen molar-refractivity contribution in [1.29, 1.82) is 0 Å². The Morgan fingerprint density at radius 3 is 2.75 bits per heavy atom. The number of fused-ring (bicyclic) bond motifs is 2. The third-order valence-corrected chi connectivity index (χ3v) is 3.51. The minimum atomic E-state index is -0.334. The summed E-state index contributed by atoms with van der Waals surface area (Å²) in [6.07, 6.45) is 0.740. The first-order valence-electron chi connectivity index (χ1n) is 6.84. The Morgan fingerprint density at radius 2 is 2.05 bits per heavy atom. The van der Waals surface area contributed by atoms with Crippen molar-refractivity contribution in [2.45, 2.75) is 33.2 Å². The van der Waals surface area contributed by atoms with Crippen molar-refractivity contribution in [2.24, 2.45) is 10.9 Å². The van der Waals surface area contributed by atoms with E-state index in [-0.39, 0.29) is 18.7 Å². The molecule has 20 heavy (non-hydrogen) atoms. The predicted molar refractivity (Wildman–Crippen MR) is 76.6 cm³/mol. The number of nitrogens with zero attached hydrogens (tertiary/aromatic N) is 1. The Hall–Kier alpha value is -2.04. The number of hydrogen-bond acceptors (Lipinski definition) is 4. The second kappa shape index (κ2) is 4.81. The summed E-state index contributed by atoms with van der Waals surface area (Å²) in [4.78, 5) is 16.8. The van der Waals surface area contributed by atoms with Crippen LogP contribution in [0.25, 0.3) is 0 Å². The average molecular weight is 274 g/mol. The van der Waals surface area contributed by atoms with Crippen molar-refractivity contribution in [1.82, 2.24) is 0 Å². The summed E-state index contributed by atoms with van der Waals surface area (Å²) in [5.41, 5.74) is 2.49. The maximum absolute atomic E-state index is 12.3. The van der Waals surface area contributed by atoms with Gasteiger partial charge in [0.1, 0.15) is 6.04 Å². The van der Waals surface area contributed by atoms with Crippen LogP contribution in [0.1, 0.15) is 32.8 Å². The molecule has 106 valence electrons. The van der Waals surface area contributed by atoms with Gasteiger partial charge in [0.15, 0.2) is 11.5 Å². The number of hydrogen-bond donors (Lipinski definition) is 1. The number of amides is 1. The van der Waals surface area contributed by atoms with Crippen LogP contribution >= 0.6 is 0 Å². The fourth-order valence-corrected chi connectivity index (χ4v) is 2.53. The highest BCUT2D eigenvalue weighted by Gasteiger charge is 2.26. The van der Waals surface area contributed by atoms with Crippen LogP contribution in [0.5, 0.6) is 11.5 Å². The van der Waals surface area contributed by atoms with Crippen LogP contribution < -0.4 is 14.8 Å². The zero-order valence-corrected chi connectivity index (χ0v) is 11.9. The van der Waals surface area contributed by atoms with Crippen LogP contribution in [-0.2, 0) is 4.79 Å². The van der Waals surface area contributed by atoms with Gasteiger partial charge in [-0.15, -0.1) is 0 Å². The molecule has 1 unspecified atom stereocenters. The highest BCUT2D eigenvalue weighted by molar-refractivity contribution is 6.11. The molecule has 1 atom stereocenters. The van der Waals surface area contributed by atoms with E-state index in [9.17, 15) is 4.79 Å². The van der Waals surface area contributed by atoms with Crippen molar-refractivity contribution < 1.29 is 14.3 Å². The van der Waals surface area contributed by atoms with E-state index in [0.717, 1.165) is 23.4 Å². The lowest BCUT2D eigenvalue weighted by molar-refractivity contribution is -0.117. The first kappa shape index (κ1) is 13.0. The minimum Gasteiger partial charge on any atom is -0.454 e. The molecular weight excluding hydrogens is 256 g/mol. The third kappa shape index (κ3) is 2.24. The van der Waals surface area contributed by atoms with E-state index in [1.54, 1.807) is 0 Å². The molecule has 1 aromatic carbocycles. The molecule has 0 spiro atoms. The highest BCUT2D eigenvalue weighted by atomic mass is 16.7. The van der Waals surface area contributed by atoms with E-state index in [1.165, 1.54) is 0 Å². The van der Waals surface area contributed by atoms with Gasteiger partial charge in [-0.1, -0.05) is 13.8 Å². The summed E-state index contributed by atoms with van der Waals surface area (Å²) in [7, 11) is 0. The quantitative estimate of drug-likeness (QED) is 0.901. The summed E-state index contributed by atoms with van der Waals surface area (Å²) in [6, 6.07) is 3.36. The van der Waals surface area contributed by atoms with Crippen molar-refractivity contribution >= 4 is 17.3 Å². The van der Waals surface area contributed by atoms with E-state index in [4.69, 9.17) is 9.47 Å². The van der Waals surface area contributed by atoms with Crippen LogP contribution in [0, 0.1) is 5.92 Å². The molecule has 5 nitrogen and oxygen atoms in total. The first-order valence-corrected chi connectivity index (χ1v) is 6.84. The van der Waals surface area contributed by atoms with Gasteiger partial charge in [0.25, 0.3) is 0 Å². The van der Waals surface area contributed by atoms with Gasteiger partial charge in [-0.3, -0.25) is 9.79 Å². The van der Waals surface area contributed by atoms with Crippen LogP contribution in [0.15, 0.2) is 17.1 Å². The molecule has 0 fully saturated rings. The molecule has 2 heterocycles. The number of carbonyl (C=O) groups excluding carboxylic acids is 1. The van der Waals surface area contributed by atoms with E-state index in [2.05, 4.69) is 24.2 Å². The van der Waals surface area contributed by atoms with E-state index in [0.29, 0.717) is 17.4 Å². The van der Waals surface area contributed by atoms with Gasteiger partial charge in [-0.2, -0.15) is 0 Å². The maximum atomic E-state index is 12.3. The fraction of sp³-hybridized carbons (Fsp3) is 0.467. The average Bonchev–Trinajstić information content (AvgIpc) is 2.79. The van der Waals surface area contributed by atoms with Crippen LogP contribution in [-0.4, -0.2) is 24.5 Å². The predicted octanol–water partition coefficient (Wildman–Crippen LogP) is 2.59. The van der Waals surface area contributed by atoms with E-state index < -0.39 is 0 Å². The van der Waals surface area contributed by atoms with Gasteiger partial charge in [-0.05, 0) is 25.3 Å². The highest BCUT2D eigenvalue weighted by Crippen LogP contribution is 2.38. The molecule has 1 N–H and O–H groups in total. The number of nitrogens with one attached hydrogen (secondary N) is 1. The summed E-state index contributed by atoms with van der Waals surface area (Å²) in [6.45, 7) is 6.33. The largest absolute Gasteiger partial charge is 0.454 e. The summed E-state index contributed by atoms with van der Waals surface area (Å²) in [5.74, 6) is 1.73. The molecule has 0 bridgehead atoms. The molecule has 5 heteroatoms. The maximum Gasteiger partial charge on any atom is 0.249 e. The number of carbonyl (C=O) groups is 1. The second-order valence-electron chi connectivity index (χ2n) is 5.60. The molecular formula is C15H18N2O3. The van der Waals surface area contributed by atoms with E-state index in [1.807, 2.05) is 19.1 Å². The number of aliphatic imine (C=N–C) groups is 1.